The minimum atomic E-state index is -0.0845. The molecule has 7 heteroatoms. The van der Waals surface area contributed by atoms with Crippen molar-refractivity contribution in [1.82, 2.24) is 4.98 Å². The molecule has 2 aromatic rings. The van der Waals surface area contributed by atoms with Crippen molar-refractivity contribution in [3.63, 3.8) is 0 Å². The zero-order chi connectivity index (χ0) is 14.7. The van der Waals surface area contributed by atoms with Gasteiger partial charge >= 0.3 is 0 Å². The third kappa shape index (κ3) is 3.12. The van der Waals surface area contributed by atoms with Gasteiger partial charge in [0.15, 0.2) is 5.84 Å². The molecule has 0 aliphatic heterocycles. The second-order valence-corrected chi connectivity index (χ2v) is 4.87. The number of aryl methyl sites for hydroxylation is 1. The van der Waals surface area contributed by atoms with Gasteiger partial charge in [0, 0.05) is 16.2 Å². The predicted molar refractivity (Wildman–Crippen MR) is 78.0 cm³/mol. The SMILES string of the molecule is Cc1ccnc(Oc2cc(Cl)cc(Cl)c2)c1/C(N)=N/O. The van der Waals surface area contributed by atoms with Gasteiger partial charge in [-0.25, -0.2) is 4.98 Å². The van der Waals surface area contributed by atoms with Crippen molar-refractivity contribution >= 4 is 29.0 Å². The average molecular weight is 312 g/mol. The fourth-order valence-corrected chi connectivity index (χ4v) is 2.18. The number of nitrogens with zero attached hydrogens (tertiary/aromatic N) is 2. The van der Waals surface area contributed by atoms with Crippen LogP contribution in [0.3, 0.4) is 0 Å². The van der Waals surface area contributed by atoms with Crippen LogP contribution >= 0.6 is 23.2 Å². The average Bonchev–Trinajstić information content (AvgIpc) is 2.37. The number of hydrogen-bond acceptors (Lipinski definition) is 4. The van der Waals surface area contributed by atoms with E-state index in [1.807, 2.05) is 0 Å². The van der Waals surface area contributed by atoms with Gasteiger partial charge in [-0.2, -0.15) is 0 Å². The van der Waals surface area contributed by atoms with Crippen molar-refractivity contribution in [3.05, 3.63) is 51.6 Å². The highest BCUT2D eigenvalue weighted by Gasteiger charge is 2.14. The van der Waals surface area contributed by atoms with Gasteiger partial charge in [-0.1, -0.05) is 28.4 Å². The number of halogens is 2. The van der Waals surface area contributed by atoms with Gasteiger partial charge in [-0.15, -0.1) is 0 Å². The number of aromatic nitrogens is 1. The summed E-state index contributed by atoms with van der Waals surface area (Å²) in [6, 6.07) is 6.50. The Morgan fingerprint density at radius 1 is 1.30 bits per heavy atom. The summed E-state index contributed by atoms with van der Waals surface area (Å²) in [6.45, 7) is 1.80. The molecule has 0 unspecified atom stereocenters. The van der Waals surface area contributed by atoms with E-state index in [9.17, 15) is 0 Å². The zero-order valence-electron chi connectivity index (χ0n) is 10.5. The number of pyridine rings is 1. The minimum Gasteiger partial charge on any atom is -0.438 e. The maximum absolute atomic E-state index is 8.83. The fraction of sp³-hybridized carbons (Fsp3) is 0.0769. The molecule has 0 atom stereocenters. The van der Waals surface area contributed by atoms with Crippen LogP contribution in [0.4, 0.5) is 0 Å². The first-order chi connectivity index (χ1) is 9.51. The van der Waals surface area contributed by atoms with Crippen LogP contribution in [0.15, 0.2) is 35.6 Å². The van der Waals surface area contributed by atoms with Crippen LogP contribution in [0.25, 0.3) is 0 Å². The van der Waals surface area contributed by atoms with Crippen molar-refractivity contribution in [3.8, 4) is 11.6 Å². The Morgan fingerprint density at radius 2 is 1.95 bits per heavy atom. The number of benzene rings is 1. The molecule has 0 saturated carbocycles. The van der Waals surface area contributed by atoms with E-state index < -0.39 is 0 Å². The van der Waals surface area contributed by atoms with Gasteiger partial charge in [0.2, 0.25) is 5.88 Å². The lowest BCUT2D eigenvalue weighted by Crippen LogP contribution is -2.16. The van der Waals surface area contributed by atoms with Crippen molar-refractivity contribution < 1.29 is 9.94 Å². The molecule has 5 nitrogen and oxygen atoms in total. The van der Waals surface area contributed by atoms with Crippen LogP contribution in [0.5, 0.6) is 11.6 Å². The molecule has 1 heterocycles. The fourth-order valence-electron chi connectivity index (χ4n) is 1.67. The molecule has 0 aliphatic rings. The van der Waals surface area contributed by atoms with Gasteiger partial charge in [0.05, 0.1) is 5.56 Å². The number of rotatable bonds is 3. The molecule has 0 aliphatic carbocycles. The molecular formula is C13H11Cl2N3O2. The minimum absolute atomic E-state index is 0.0845. The molecule has 0 saturated heterocycles. The second-order valence-electron chi connectivity index (χ2n) is 4.00. The van der Waals surface area contributed by atoms with E-state index in [2.05, 4.69) is 10.1 Å². The van der Waals surface area contributed by atoms with E-state index in [4.69, 9.17) is 38.9 Å². The van der Waals surface area contributed by atoms with Crippen LogP contribution in [-0.2, 0) is 0 Å². The molecule has 0 bridgehead atoms. The van der Waals surface area contributed by atoms with E-state index in [0.717, 1.165) is 5.56 Å². The third-order valence-electron chi connectivity index (χ3n) is 2.54. The molecular weight excluding hydrogens is 301 g/mol. The molecule has 20 heavy (non-hydrogen) atoms. The van der Waals surface area contributed by atoms with Crippen molar-refractivity contribution in [2.24, 2.45) is 10.9 Å². The van der Waals surface area contributed by atoms with E-state index in [0.29, 0.717) is 21.4 Å². The predicted octanol–water partition coefficient (Wildman–Crippen LogP) is 3.58. The number of hydrogen-bond donors (Lipinski definition) is 2. The van der Waals surface area contributed by atoms with Crippen LogP contribution in [-0.4, -0.2) is 16.0 Å². The van der Waals surface area contributed by atoms with Crippen molar-refractivity contribution in [2.45, 2.75) is 6.92 Å². The highest BCUT2D eigenvalue weighted by atomic mass is 35.5. The topological polar surface area (TPSA) is 80.7 Å². The Morgan fingerprint density at radius 3 is 2.55 bits per heavy atom. The smallest absolute Gasteiger partial charge is 0.230 e. The second kappa shape index (κ2) is 5.98. The maximum atomic E-state index is 8.83. The molecule has 104 valence electrons. The number of oxime groups is 1. The van der Waals surface area contributed by atoms with Gasteiger partial charge in [-0.05, 0) is 36.8 Å². The van der Waals surface area contributed by atoms with Crippen LogP contribution in [0.2, 0.25) is 10.0 Å². The molecule has 0 amide bonds. The Balaban J connectivity index is 2.46. The summed E-state index contributed by atoms with van der Waals surface area (Å²) in [7, 11) is 0. The molecule has 0 fully saturated rings. The van der Waals surface area contributed by atoms with Crippen molar-refractivity contribution in [1.29, 1.82) is 0 Å². The summed E-state index contributed by atoms with van der Waals surface area (Å²) in [6.07, 6.45) is 1.56. The van der Waals surface area contributed by atoms with Gasteiger partial charge in [-0.3, -0.25) is 0 Å². The Bertz CT molecular complexity index is 654. The van der Waals surface area contributed by atoms with Gasteiger partial charge < -0.3 is 15.7 Å². The van der Waals surface area contributed by atoms with Crippen molar-refractivity contribution in [2.75, 3.05) is 0 Å². The molecule has 0 radical (unpaired) electrons. The number of ether oxygens (including phenoxy) is 1. The van der Waals surface area contributed by atoms with Gasteiger partial charge in [0.25, 0.3) is 0 Å². The van der Waals surface area contributed by atoms with E-state index in [-0.39, 0.29) is 11.7 Å². The lowest BCUT2D eigenvalue weighted by atomic mass is 10.1. The van der Waals surface area contributed by atoms with Crippen LogP contribution in [0.1, 0.15) is 11.1 Å². The highest BCUT2D eigenvalue weighted by Crippen LogP contribution is 2.29. The monoisotopic (exact) mass is 311 g/mol. The lowest BCUT2D eigenvalue weighted by Gasteiger charge is -2.11. The summed E-state index contributed by atoms with van der Waals surface area (Å²) in [5.41, 5.74) is 6.81. The quantitative estimate of drug-likeness (QED) is 0.393. The molecule has 3 N–H and O–H groups in total. The summed E-state index contributed by atoms with van der Waals surface area (Å²) in [5.74, 6) is 0.532. The first-order valence-electron chi connectivity index (χ1n) is 5.58. The van der Waals surface area contributed by atoms with Crippen LogP contribution in [0, 0.1) is 6.92 Å². The highest BCUT2D eigenvalue weighted by molar-refractivity contribution is 6.34. The Hall–Kier alpha value is -1.98. The standard InChI is InChI=1S/C13H11Cl2N3O2/c1-7-2-3-17-13(11(7)12(16)18-19)20-10-5-8(14)4-9(15)6-10/h2-6,19H,1H3,(H2,16,18). The molecule has 2 rings (SSSR count). The maximum Gasteiger partial charge on any atom is 0.230 e. The van der Waals surface area contributed by atoms with E-state index in [1.165, 1.54) is 0 Å². The van der Waals surface area contributed by atoms with Crippen LogP contribution < -0.4 is 10.5 Å². The largest absolute Gasteiger partial charge is 0.438 e. The molecule has 0 spiro atoms. The van der Waals surface area contributed by atoms with E-state index in [1.54, 1.807) is 37.4 Å². The zero-order valence-corrected chi connectivity index (χ0v) is 12.0. The molecule has 1 aromatic heterocycles. The summed E-state index contributed by atoms with van der Waals surface area (Å²) >= 11 is 11.8. The summed E-state index contributed by atoms with van der Waals surface area (Å²) in [4.78, 5) is 4.08. The summed E-state index contributed by atoms with van der Waals surface area (Å²) in [5, 5.41) is 12.7. The third-order valence-corrected chi connectivity index (χ3v) is 2.98. The number of amidine groups is 1. The normalized spacial score (nSPS) is 11.4. The first kappa shape index (κ1) is 14.4. The summed E-state index contributed by atoms with van der Waals surface area (Å²) < 4.78 is 5.62. The molecule has 1 aromatic carbocycles. The van der Waals surface area contributed by atoms with E-state index >= 15 is 0 Å². The first-order valence-corrected chi connectivity index (χ1v) is 6.34. The number of nitrogens with two attached hydrogens (primary N) is 1. The lowest BCUT2D eigenvalue weighted by molar-refractivity contribution is 0.318. The van der Waals surface area contributed by atoms with Gasteiger partial charge in [0.1, 0.15) is 5.75 Å². The Labute approximate surface area is 125 Å². The Kier molecular flexibility index (Phi) is 4.32.